The third-order valence-electron chi connectivity index (χ3n) is 4.61. The minimum Gasteiger partial charge on any atom is -0.424 e. The maximum Gasteiger partial charge on any atom is 0.341 e. The van der Waals surface area contributed by atoms with Crippen molar-refractivity contribution < 1.29 is 19.1 Å². The van der Waals surface area contributed by atoms with Gasteiger partial charge in [-0.1, -0.05) is 12.8 Å². The van der Waals surface area contributed by atoms with Gasteiger partial charge in [0.2, 0.25) is 6.79 Å². The summed E-state index contributed by atoms with van der Waals surface area (Å²) in [6, 6.07) is 3.43. The normalized spacial score (nSPS) is 28.0. The summed E-state index contributed by atoms with van der Waals surface area (Å²) in [6.45, 7) is -0.289. The van der Waals surface area contributed by atoms with E-state index in [0.717, 1.165) is 24.0 Å². The molecule has 0 radical (unpaired) electrons. The third-order valence-corrected chi connectivity index (χ3v) is 4.61. The Bertz CT molecular complexity index is 539. The molecule has 2 atom stereocenters. The van der Waals surface area contributed by atoms with Crippen molar-refractivity contribution in [3.63, 3.8) is 0 Å². The minimum atomic E-state index is -0.374. The van der Waals surface area contributed by atoms with E-state index < -0.39 is 0 Å². The zero-order valence-corrected chi connectivity index (χ0v) is 10.5. The van der Waals surface area contributed by atoms with Gasteiger partial charge in [-0.25, -0.2) is 9.59 Å². The zero-order valence-electron chi connectivity index (χ0n) is 10.5. The summed E-state index contributed by atoms with van der Waals surface area (Å²) in [5.74, 6) is 0.109. The van der Waals surface area contributed by atoms with Crippen molar-refractivity contribution >= 4 is 11.9 Å². The van der Waals surface area contributed by atoms with E-state index in [1.165, 1.54) is 12.8 Å². The number of cyclic esters (lactones) is 2. The van der Waals surface area contributed by atoms with Gasteiger partial charge in [0.05, 0.1) is 11.1 Å². The fraction of sp³-hybridized carbons (Fsp3) is 0.467. The van der Waals surface area contributed by atoms with Crippen LogP contribution in [0.4, 0.5) is 0 Å². The molecule has 0 amide bonds. The molecule has 3 aliphatic rings. The molecule has 98 valence electrons. The molecular weight excluding hydrogens is 244 g/mol. The maximum atomic E-state index is 12.0. The van der Waals surface area contributed by atoms with Crippen LogP contribution in [-0.4, -0.2) is 18.7 Å². The Balaban J connectivity index is 1.94. The molecule has 1 heterocycles. The number of ether oxygens (including phenoxy) is 2. The monoisotopic (exact) mass is 258 g/mol. The Labute approximate surface area is 110 Å². The predicted octanol–water partition coefficient (Wildman–Crippen LogP) is 2.73. The second-order valence-electron chi connectivity index (χ2n) is 5.47. The topological polar surface area (TPSA) is 52.6 Å². The highest BCUT2D eigenvalue weighted by Crippen LogP contribution is 2.57. The lowest BCUT2D eigenvalue weighted by molar-refractivity contribution is -0.0161. The highest BCUT2D eigenvalue weighted by atomic mass is 16.7. The second-order valence-corrected chi connectivity index (χ2v) is 5.47. The van der Waals surface area contributed by atoms with Crippen LogP contribution in [-0.2, 0) is 9.47 Å². The van der Waals surface area contributed by atoms with Gasteiger partial charge in [-0.2, -0.15) is 0 Å². The van der Waals surface area contributed by atoms with Gasteiger partial charge in [-0.15, -0.1) is 0 Å². The highest BCUT2D eigenvalue weighted by molar-refractivity contribution is 5.99. The van der Waals surface area contributed by atoms with E-state index >= 15 is 0 Å². The van der Waals surface area contributed by atoms with Gasteiger partial charge in [-0.3, -0.25) is 0 Å². The molecule has 0 N–H and O–H groups in total. The largest absolute Gasteiger partial charge is 0.424 e. The number of hydrogen-bond acceptors (Lipinski definition) is 4. The molecule has 1 aromatic carbocycles. The van der Waals surface area contributed by atoms with Crippen LogP contribution in [0.3, 0.4) is 0 Å². The summed E-state index contributed by atoms with van der Waals surface area (Å²) in [5, 5.41) is 0. The van der Waals surface area contributed by atoms with Gasteiger partial charge >= 0.3 is 11.9 Å². The number of fused-ring (bicyclic) bond motifs is 9. The molecule has 1 aromatic rings. The van der Waals surface area contributed by atoms with Crippen molar-refractivity contribution in [2.45, 2.75) is 37.5 Å². The second kappa shape index (κ2) is 3.83. The molecule has 19 heavy (non-hydrogen) atoms. The van der Waals surface area contributed by atoms with Gasteiger partial charge < -0.3 is 9.47 Å². The molecule has 4 rings (SSSR count). The number of esters is 2. The first kappa shape index (κ1) is 11.0. The van der Waals surface area contributed by atoms with Crippen LogP contribution in [0, 0.1) is 0 Å². The average Bonchev–Trinajstić information content (AvgIpc) is 2.50. The van der Waals surface area contributed by atoms with Crippen molar-refractivity contribution in [3.8, 4) is 0 Å². The van der Waals surface area contributed by atoms with Crippen LogP contribution in [0.15, 0.2) is 12.1 Å². The van der Waals surface area contributed by atoms with Crippen LogP contribution in [0.1, 0.15) is 69.4 Å². The summed E-state index contributed by atoms with van der Waals surface area (Å²) in [5.41, 5.74) is 3.34. The smallest absolute Gasteiger partial charge is 0.341 e. The van der Waals surface area contributed by atoms with E-state index in [-0.39, 0.29) is 18.7 Å². The van der Waals surface area contributed by atoms with Gasteiger partial charge in [-0.05, 0) is 47.9 Å². The van der Waals surface area contributed by atoms with Crippen LogP contribution < -0.4 is 0 Å². The molecule has 1 aliphatic heterocycles. The quantitative estimate of drug-likeness (QED) is 0.671. The van der Waals surface area contributed by atoms with Crippen LogP contribution in [0.25, 0.3) is 0 Å². The molecule has 1 fully saturated rings. The molecule has 0 saturated heterocycles. The van der Waals surface area contributed by atoms with Crippen molar-refractivity contribution in [3.05, 3.63) is 34.4 Å². The number of rotatable bonds is 0. The van der Waals surface area contributed by atoms with E-state index in [0.29, 0.717) is 23.0 Å². The Morgan fingerprint density at radius 2 is 1.32 bits per heavy atom. The molecule has 0 aromatic heterocycles. The van der Waals surface area contributed by atoms with E-state index in [1.807, 2.05) is 0 Å². The molecular formula is C15H14O4. The molecule has 2 unspecified atom stereocenters. The summed E-state index contributed by atoms with van der Waals surface area (Å²) < 4.78 is 9.96. The maximum absolute atomic E-state index is 12.0. The lowest BCUT2D eigenvalue weighted by atomic mass is 9.59. The van der Waals surface area contributed by atoms with Gasteiger partial charge in [0.1, 0.15) is 0 Å². The van der Waals surface area contributed by atoms with Crippen molar-refractivity contribution in [2.24, 2.45) is 0 Å². The zero-order chi connectivity index (χ0) is 13.0. The number of carbonyl (C=O) groups excluding carboxylic acids is 2. The van der Waals surface area contributed by atoms with Crippen molar-refractivity contribution in [1.82, 2.24) is 0 Å². The third kappa shape index (κ3) is 1.40. The van der Waals surface area contributed by atoms with Crippen molar-refractivity contribution in [2.75, 3.05) is 6.79 Å². The minimum absolute atomic E-state index is 0.289. The summed E-state index contributed by atoms with van der Waals surface area (Å²) in [4.78, 5) is 24.0. The predicted molar refractivity (Wildman–Crippen MR) is 66.1 cm³/mol. The van der Waals surface area contributed by atoms with E-state index in [9.17, 15) is 9.59 Å². The first-order valence-corrected chi connectivity index (χ1v) is 6.78. The Hall–Kier alpha value is -1.84. The van der Waals surface area contributed by atoms with Gasteiger partial charge in [0.15, 0.2) is 0 Å². The van der Waals surface area contributed by atoms with E-state index in [2.05, 4.69) is 0 Å². The summed E-state index contributed by atoms with van der Waals surface area (Å²) in [7, 11) is 0. The van der Waals surface area contributed by atoms with Crippen LogP contribution in [0.2, 0.25) is 0 Å². The first-order chi connectivity index (χ1) is 9.27. The lowest BCUT2D eigenvalue weighted by Crippen LogP contribution is -2.32. The highest BCUT2D eigenvalue weighted by Gasteiger charge is 2.45. The first-order valence-electron chi connectivity index (χ1n) is 6.78. The molecule has 0 spiro atoms. The Kier molecular flexibility index (Phi) is 2.22. The van der Waals surface area contributed by atoms with Gasteiger partial charge in [0.25, 0.3) is 0 Å². The standard InChI is InChI=1S/C15H14O4/c16-14-10-5-6-11(15(17)19-7-18-14)13-9-4-2-1-3-8(9)12(10)13/h5-6,8-9H,1-4,7H2. The molecule has 4 nitrogen and oxygen atoms in total. The summed E-state index contributed by atoms with van der Waals surface area (Å²) >= 11 is 0. The van der Waals surface area contributed by atoms with E-state index in [4.69, 9.17) is 9.47 Å². The molecule has 2 bridgehead atoms. The fourth-order valence-corrected chi connectivity index (χ4v) is 3.81. The SMILES string of the molecule is O=C1OCOC(=O)c2ccc1c1c2C2CCCCC12. The molecule has 2 aliphatic carbocycles. The average molecular weight is 258 g/mol. The van der Waals surface area contributed by atoms with E-state index in [1.54, 1.807) is 12.1 Å². The van der Waals surface area contributed by atoms with Gasteiger partial charge in [0, 0.05) is 0 Å². The molecule has 4 heteroatoms. The Morgan fingerprint density at radius 3 is 1.79 bits per heavy atom. The Morgan fingerprint density at radius 1 is 0.842 bits per heavy atom. The fourth-order valence-electron chi connectivity index (χ4n) is 3.81. The number of benzene rings is 1. The number of carbonyl (C=O) groups is 2. The number of hydrogen-bond donors (Lipinski definition) is 0. The summed E-state index contributed by atoms with van der Waals surface area (Å²) in [6.07, 6.45) is 4.61. The molecule has 1 saturated carbocycles. The van der Waals surface area contributed by atoms with Crippen molar-refractivity contribution in [1.29, 1.82) is 0 Å². The van der Waals surface area contributed by atoms with Crippen LogP contribution in [0.5, 0.6) is 0 Å². The van der Waals surface area contributed by atoms with Crippen LogP contribution >= 0.6 is 0 Å². The lowest BCUT2D eigenvalue weighted by Gasteiger charge is -2.44.